The highest BCUT2D eigenvalue weighted by Gasteiger charge is 2.55. The summed E-state index contributed by atoms with van der Waals surface area (Å²) in [5, 5.41) is 7.49. The Hall–Kier alpha value is -3.16. The number of alkyl halides is 1. The Balaban J connectivity index is 1.49. The lowest BCUT2D eigenvalue weighted by Gasteiger charge is -2.28. The average Bonchev–Trinajstić information content (AvgIpc) is 3.19. The molecular weight excluding hydrogens is 366 g/mol. The molecule has 1 aliphatic carbocycles. The number of pyridine rings is 1. The Morgan fingerprint density at radius 1 is 1.25 bits per heavy atom. The summed E-state index contributed by atoms with van der Waals surface area (Å²) in [6.07, 6.45) is 1.57. The Kier molecular flexibility index (Phi) is 3.59. The van der Waals surface area contributed by atoms with Crippen molar-refractivity contribution in [3.8, 4) is 11.5 Å². The molecular formula is C20H16F2N4O2. The van der Waals surface area contributed by atoms with Crippen LogP contribution >= 0.6 is 0 Å². The van der Waals surface area contributed by atoms with Crippen LogP contribution in [0.3, 0.4) is 0 Å². The molecule has 1 aliphatic heterocycles. The topological polar surface area (TPSA) is 72.1 Å². The fraction of sp³-hybridized carbons (Fsp3) is 0.300. The van der Waals surface area contributed by atoms with Gasteiger partial charge in [-0.2, -0.15) is 0 Å². The van der Waals surface area contributed by atoms with E-state index < -0.39 is 11.7 Å². The molecule has 0 N–H and O–H groups in total. The molecule has 3 aromatic rings. The highest BCUT2D eigenvalue weighted by molar-refractivity contribution is 5.99. The fourth-order valence-corrected chi connectivity index (χ4v) is 3.79. The van der Waals surface area contributed by atoms with Crippen molar-refractivity contribution in [3.63, 3.8) is 0 Å². The monoisotopic (exact) mass is 382 g/mol. The minimum atomic E-state index is -1.38. The number of carbonyl (C=O) groups excluding carboxylic acids is 1. The Labute approximate surface area is 159 Å². The quantitative estimate of drug-likeness (QED) is 0.683. The van der Waals surface area contributed by atoms with E-state index in [0.29, 0.717) is 41.8 Å². The number of rotatable bonds is 4. The van der Waals surface area contributed by atoms with Gasteiger partial charge in [-0.05, 0) is 31.9 Å². The summed E-state index contributed by atoms with van der Waals surface area (Å²) in [6.45, 7) is 1.62. The minimum Gasteiger partial charge on any atom is -0.417 e. The number of amides is 1. The van der Waals surface area contributed by atoms with Crippen molar-refractivity contribution < 1.29 is 18.0 Å². The number of carbonyl (C=O) groups is 1. The Morgan fingerprint density at radius 2 is 2.04 bits per heavy atom. The van der Waals surface area contributed by atoms with Crippen molar-refractivity contribution >= 4 is 5.91 Å². The number of aromatic nitrogens is 3. The van der Waals surface area contributed by atoms with Gasteiger partial charge in [-0.15, -0.1) is 10.2 Å². The van der Waals surface area contributed by atoms with Crippen molar-refractivity contribution in [1.29, 1.82) is 0 Å². The number of nitrogens with zero attached hydrogens (tertiary/aromatic N) is 4. The van der Waals surface area contributed by atoms with E-state index in [1.807, 2.05) is 0 Å². The van der Waals surface area contributed by atoms with E-state index >= 15 is 0 Å². The lowest BCUT2D eigenvalue weighted by Crippen LogP contribution is -2.36. The second-order valence-corrected chi connectivity index (χ2v) is 7.18. The average molecular weight is 382 g/mol. The van der Waals surface area contributed by atoms with Gasteiger partial charge in [0.25, 0.3) is 11.8 Å². The van der Waals surface area contributed by atoms with E-state index in [0.717, 1.165) is 0 Å². The molecule has 0 radical (unpaired) electrons. The van der Waals surface area contributed by atoms with Gasteiger partial charge in [-0.1, -0.05) is 18.2 Å². The predicted molar refractivity (Wildman–Crippen MR) is 94.2 cm³/mol. The van der Waals surface area contributed by atoms with Crippen molar-refractivity contribution in [2.75, 3.05) is 0 Å². The zero-order chi connectivity index (χ0) is 19.5. The van der Waals surface area contributed by atoms with Gasteiger partial charge < -0.3 is 9.32 Å². The third kappa shape index (κ3) is 2.44. The SMILES string of the molecule is CC(F)c1nnc(-c2cnc3c(c2)C(=O)N(C2(c4ccccc4F)CC2)C3)o1. The third-order valence-corrected chi connectivity index (χ3v) is 5.40. The summed E-state index contributed by atoms with van der Waals surface area (Å²) in [6, 6.07) is 8.19. The van der Waals surface area contributed by atoms with Gasteiger partial charge in [0.1, 0.15) is 5.82 Å². The number of fused-ring (bicyclic) bond motifs is 1. The second kappa shape index (κ2) is 5.92. The van der Waals surface area contributed by atoms with Crippen LogP contribution in [-0.4, -0.2) is 26.0 Å². The van der Waals surface area contributed by atoms with Gasteiger partial charge in [-0.25, -0.2) is 8.78 Å². The summed E-state index contributed by atoms with van der Waals surface area (Å²) in [7, 11) is 0. The second-order valence-electron chi connectivity index (χ2n) is 7.18. The van der Waals surface area contributed by atoms with Gasteiger partial charge in [0.15, 0.2) is 6.17 Å². The molecule has 6 nitrogen and oxygen atoms in total. The third-order valence-electron chi connectivity index (χ3n) is 5.40. The molecule has 5 rings (SSSR count). The number of hydrogen-bond acceptors (Lipinski definition) is 5. The van der Waals surface area contributed by atoms with Crippen LogP contribution < -0.4 is 0 Å². The maximum Gasteiger partial charge on any atom is 0.256 e. The maximum absolute atomic E-state index is 14.4. The first-order valence-electron chi connectivity index (χ1n) is 9.03. The van der Waals surface area contributed by atoms with Gasteiger partial charge >= 0.3 is 0 Å². The van der Waals surface area contributed by atoms with Crippen molar-refractivity contribution in [2.45, 2.75) is 38.0 Å². The molecule has 28 heavy (non-hydrogen) atoms. The van der Waals surface area contributed by atoms with E-state index in [2.05, 4.69) is 15.2 Å². The molecule has 3 heterocycles. The summed E-state index contributed by atoms with van der Waals surface area (Å²) < 4.78 is 33.0. The van der Waals surface area contributed by atoms with E-state index in [1.54, 1.807) is 29.2 Å². The molecule has 1 unspecified atom stereocenters. The molecule has 1 aromatic carbocycles. The minimum absolute atomic E-state index is 0.108. The molecule has 2 aliphatic rings. The first-order valence-corrected chi connectivity index (χ1v) is 9.03. The standard InChI is InChI=1S/C20H16F2N4O2/c1-11(21)17-24-25-18(28-17)12-8-13-16(23-9-12)10-26(19(13)27)20(6-7-20)14-4-2-3-5-15(14)22/h2-5,8-9,11H,6-7,10H2,1H3. The van der Waals surface area contributed by atoms with E-state index in [-0.39, 0.29) is 23.5 Å². The van der Waals surface area contributed by atoms with Crippen LogP contribution in [0.25, 0.3) is 11.5 Å². The normalized spacial score (nSPS) is 18.2. The van der Waals surface area contributed by atoms with Crippen LogP contribution in [0.4, 0.5) is 8.78 Å². The van der Waals surface area contributed by atoms with Gasteiger partial charge in [0, 0.05) is 11.8 Å². The van der Waals surface area contributed by atoms with Gasteiger partial charge in [-0.3, -0.25) is 9.78 Å². The summed E-state index contributed by atoms with van der Waals surface area (Å²) in [4.78, 5) is 19.2. The molecule has 142 valence electrons. The molecule has 1 amide bonds. The van der Waals surface area contributed by atoms with Crippen LogP contribution in [0.5, 0.6) is 0 Å². The Morgan fingerprint density at radius 3 is 2.71 bits per heavy atom. The number of hydrogen-bond donors (Lipinski definition) is 0. The van der Waals surface area contributed by atoms with E-state index in [1.165, 1.54) is 19.2 Å². The summed E-state index contributed by atoms with van der Waals surface area (Å²) in [5.74, 6) is -0.531. The zero-order valence-corrected chi connectivity index (χ0v) is 15.0. The lowest BCUT2D eigenvalue weighted by atomic mass is 10.0. The highest BCUT2D eigenvalue weighted by atomic mass is 19.1. The molecule has 0 saturated heterocycles. The number of halogens is 2. The molecule has 8 heteroatoms. The molecule has 1 atom stereocenters. The first kappa shape index (κ1) is 17.0. The number of benzene rings is 1. The zero-order valence-electron chi connectivity index (χ0n) is 15.0. The van der Waals surface area contributed by atoms with Crippen LogP contribution in [0, 0.1) is 5.82 Å². The van der Waals surface area contributed by atoms with Gasteiger partial charge in [0.2, 0.25) is 5.89 Å². The van der Waals surface area contributed by atoms with Gasteiger partial charge in [0.05, 0.1) is 28.9 Å². The van der Waals surface area contributed by atoms with Crippen molar-refractivity contribution in [1.82, 2.24) is 20.1 Å². The predicted octanol–water partition coefficient (Wildman–Crippen LogP) is 3.95. The lowest BCUT2D eigenvalue weighted by molar-refractivity contribution is 0.0665. The largest absolute Gasteiger partial charge is 0.417 e. The first-order chi connectivity index (χ1) is 13.5. The highest BCUT2D eigenvalue weighted by Crippen LogP contribution is 2.54. The summed E-state index contributed by atoms with van der Waals surface area (Å²) >= 11 is 0. The van der Waals surface area contributed by atoms with E-state index in [4.69, 9.17) is 4.42 Å². The molecule has 0 bridgehead atoms. The molecule has 2 aromatic heterocycles. The fourth-order valence-electron chi connectivity index (χ4n) is 3.79. The summed E-state index contributed by atoms with van der Waals surface area (Å²) in [5.41, 5.74) is 1.41. The Bertz CT molecular complexity index is 1090. The maximum atomic E-state index is 14.4. The van der Waals surface area contributed by atoms with Crippen molar-refractivity contribution in [3.05, 3.63) is 65.1 Å². The van der Waals surface area contributed by atoms with Crippen LogP contribution in [-0.2, 0) is 12.1 Å². The van der Waals surface area contributed by atoms with Crippen molar-refractivity contribution in [2.24, 2.45) is 0 Å². The van der Waals surface area contributed by atoms with Crippen LogP contribution in [0.15, 0.2) is 40.9 Å². The van der Waals surface area contributed by atoms with Crippen LogP contribution in [0.1, 0.15) is 53.4 Å². The molecule has 1 saturated carbocycles. The van der Waals surface area contributed by atoms with E-state index in [9.17, 15) is 13.6 Å². The molecule has 1 fully saturated rings. The molecule has 0 spiro atoms. The van der Waals surface area contributed by atoms with Crippen LogP contribution in [0.2, 0.25) is 0 Å². The smallest absolute Gasteiger partial charge is 0.256 e.